The molecule has 0 saturated heterocycles. The van der Waals surface area contributed by atoms with Crippen molar-refractivity contribution in [3.63, 3.8) is 0 Å². The third-order valence-electron chi connectivity index (χ3n) is 5.00. The molecule has 0 atom stereocenters. The van der Waals surface area contributed by atoms with Crippen molar-refractivity contribution in [3.05, 3.63) is 90.1 Å². The highest BCUT2D eigenvalue weighted by Crippen LogP contribution is 2.24. The number of para-hydroxylation sites is 1. The molecule has 0 bridgehead atoms. The molecular formula is C24H19N5O4. The van der Waals surface area contributed by atoms with Crippen LogP contribution in [0.4, 0.5) is 5.69 Å². The molecule has 5 aromatic rings. The molecule has 0 radical (unpaired) electrons. The van der Waals surface area contributed by atoms with Crippen LogP contribution >= 0.6 is 0 Å². The summed E-state index contributed by atoms with van der Waals surface area (Å²) in [7, 11) is 1.60. The normalized spacial score (nSPS) is 10.8. The predicted octanol–water partition coefficient (Wildman–Crippen LogP) is 4.57. The predicted molar refractivity (Wildman–Crippen MR) is 120 cm³/mol. The van der Waals surface area contributed by atoms with Gasteiger partial charge in [-0.05, 0) is 42.0 Å². The Balaban J connectivity index is 1.32. The highest BCUT2D eigenvalue weighted by Gasteiger charge is 2.16. The number of benzene rings is 2. The number of ether oxygens (including phenoxy) is 1. The van der Waals surface area contributed by atoms with Crippen molar-refractivity contribution in [2.45, 2.75) is 6.42 Å². The van der Waals surface area contributed by atoms with Crippen molar-refractivity contribution in [2.24, 2.45) is 0 Å². The Labute approximate surface area is 188 Å². The maximum absolute atomic E-state index is 12.9. The molecule has 0 unspecified atom stereocenters. The van der Waals surface area contributed by atoms with Crippen molar-refractivity contribution in [3.8, 4) is 28.6 Å². The molecule has 2 aromatic carbocycles. The molecular weight excluding hydrogens is 422 g/mol. The zero-order valence-electron chi connectivity index (χ0n) is 17.6. The Morgan fingerprint density at radius 2 is 2.00 bits per heavy atom. The number of nitrogens with one attached hydrogen (secondary N) is 2. The van der Waals surface area contributed by atoms with Crippen molar-refractivity contribution in [2.75, 3.05) is 12.4 Å². The number of H-pyrrole nitrogens is 1. The minimum atomic E-state index is -0.314. The Morgan fingerprint density at radius 1 is 1.09 bits per heavy atom. The fourth-order valence-electron chi connectivity index (χ4n) is 3.35. The molecule has 2 N–H and O–H groups in total. The molecule has 9 heteroatoms. The lowest BCUT2D eigenvalue weighted by molar-refractivity contribution is 0.102. The number of furan rings is 1. The van der Waals surface area contributed by atoms with Gasteiger partial charge in [-0.25, -0.2) is 0 Å². The number of carbonyl (C=O) groups excluding carboxylic acids is 1. The highest BCUT2D eigenvalue weighted by atomic mass is 16.5. The highest BCUT2D eigenvalue weighted by molar-refractivity contribution is 6.03. The van der Waals surface area contributed by atoms with E-state index in [1.165, 1.54) is 0 Å². The van der Waals surface area contributed by atoms with Gasteiger partial charge in [0.05, 0.1) is 25.5 Å². The molecule has 0 fully saturated rings. The molecule has 0 spiro atoms. The van der Waals surface area contributed by atoms with Gasteiger partial charge >= 0.3 is 0 Å². The second kappa shape index (κ2) is 8.83. The van der Waals surface area contributed by atoms with Gasteiger partial charge in [-0.1, -0.05) is 35.5 Å². The van der Waals surface area contributed by atoms with Crippen LogP contribution < -0.4 is 10.1 Å². The largest absolute Gasteiger partial charge is 0.497 e. The third-order valence-corrected chi connectivity index (χ3v) is 5.00. The number of hydrogen-bond acceptors (Lipinski definition) is 7. The number of rotatable bonds is 7. The first-order valence-corrected chi connectivity index (χ1v) is 10.1. The third kappa shape index (κ3) is 4.38. The topological polar surface area (TPSA) is 119 Å². The molecule has 0 aliphatic rings. The van der Waals surface area contributed by atoms with Crippen molar-refractivity contribution in [1.82, 2.24) is 20.3 Å². The summed E-state index contributed by atoms with van der Waals surface area (Å²) in [6, 6.07) is 20.1. The summed E-state index contributed by atoms with van der Waals surface area (Å²) in [5.41, 5.74) is 3.28. The van der Waals surface area contributed by atoms with Gasteiger partial charge in [0.15, 0.2) is 5.76 Å². The molecule has 5 rings (SSSR count). The zero-order valence-corrected chi connectivity index (χ0v) is 17.6. The monoisotopic (exact) mass is 441 g/mol. The molecule has 3 aromatic heterocycles. The van der Waals surface area contributed by atoms with Gasteiger partial charge < -0.3 is 19.0 Å². The first kappa shape index (κ1) is 20.3. The van der Waals surface area contributed by atoms with Crippen LogP contribution in [-0.4, -0.2) is 33.4 Å². The SMILES string of the molecule is COc1cccc(-c2cc(C(=O)Nc3ccccc3Cc3nc(-c4ccco4)no3)[nH]n2)c1. The Morgan fingerprint density at radius 3 is 2.85 bits per heavy atom. The minimum Gasteiger partial charge on any atom is -0.497 e. The zero-order chi connectivity index (χ0) is 22.6. The Kier molecular flexibility index (Phi) is 5.42. The van der Waals surface area contributed by atoms with Crippen molar-refractivity contribution >= 4 is 11.6 Å². The maximum atomic E-state index is 12.9. The van der Waals surface area contributed by atoms with Crippen molar-refractivity contribution in [1.29, 1.82) is 0 Å². The van der Waals surface area contributed by atoms with E-state index in [0.29, 0.717) is 46.7 Å². The molecule has 0 saturated carbocycles. The number of aromatic amines is 1. The quantitative estimate of drug-likeness (QED) is 0.380. The van der Waals surface area contributed by atoms with Gasteiger partial charge in [0.25, 0.3) is 5.91 Å². The lowest BCUT2D eigenvalue weighted by atomic mass is 10.1. The maximum Gasteiger partial charge on any atom is 0.273 e. The fraction of sp³-hybridized carbons (Fsp3) is 0.0833. The van der Waals surface area contributed by atoms with Crippen LogP contribution in [0.2, 0.25) is 0 Å². The van der Waals surface area contributed by atoms with Gasteiger partial charge in [-0.3, -0.25) is 9.89 Å². The molecule has 0 aliphatic carbocycles. The van der Waals surface area contributed by atoms with E-state index < -0.39 is 0 Å². The van der Waals surface area contributed by atoms with Crippen LogP contribution in [-0.2, 0) is 6.42 Å². The second-order valence-corrected chi connectivity index (χ2v) is 7.18. The van der Waals surface area contributed by atoms with E-state index >= 15 is 0 Å². The molecule has 9 nitrogen and oxygen atoms in total. The standard InChI is InChI=1S/C24H19N5O4/c1-31-17-8-4-7-15(12-17)19-14-20(28-27-19)24(30)25-18-9-3-2-6-16(18)13-22-26-23(29-33-22)21-10-5-11-32-21/h2-12,14H,13H2,1H3,(H,25,30)(H,27,28). The summed E-state index contributed by atoms with van der Waals surface area (Å²) in [5, 5.41) is 13.9. The van der Waals surface area contributed by atoms with Crippen LogP contribution in [0, 0.1) is 0 Å². The Hall–Kier alpha value is -4.66. The summed E-state index contributed by atoms with van der Waals surface area (Å²) in [5.74, 6) is 1.71. The van der Waals surface area contributed by atoms with Crippen LogP contribution in [0.5, 0.6) is 5.75 Å². The number of amides is 1. The van der Waals surface area contributed by atoms with E-state index in [-0.39, 0.29) is 5.91 Å². The van der Waals surface area contributed by atoms with Gasteiger partial charge in [0.2, 0.25) is 11.7 Å². The Bertz CT molecular complexity index is 1390. The van der Waals surface area contributed by atoms with E-state index in [2.05, 4.69) is 25.7 Å². The van der Waals surface area contributed by atoms with E-state index in [1.807, 2.05) is 48.5 Å². The van der Waals surface area contributed by atoms with Gasteiger partial charge in [0.1, 0.15) is 11.4 Å². The summed E-state index contributed by atoms with van der Waals surface area (Å²) < 4.78 is 15.9. The van der Waals surface area contributed by atoms with Crippen LogP contribution in [0.25, 0.3) is 22.8 Å². The first-order chi connectivity index (χ1) is 16.2. The average Bonchev–Trinajstić information content (AvgIpc) is 3.62. The summed E-state index contributed by atoms with van der Waals surface area (Å²) >= 11 is 0. The molecule has 3 heterocycles. The van der Waals surface area contributed by atoms with Gasteiger partial charge in [-0.15, -0.1) is 0 Å². The smallest absolute Gasteiger partial charge is 0.273 e. The summed E-state index contributed by atoms with van der Waals surface area (Å²) in [4.78, 5) is 17.2. The second-order valence-electron chi connectivity index (χ2n) is 7.18. The fourth-order valence-corrected chi connectivity index (χ4v) is 3.35. The number of anilines is 1. The summed E-state index contributed by atoms with van der Waals surface area (Å²) in [6.07, 6.45) is 1.90. The van der Waals surface area contributed by atoms with Crippen LogP contribution in [0.1, 0.15) is 21.9 Å². The summed E-state index contributed by atoms with van der Waals surface area (Å²) in [6.45, 7) is 0. The van der Waals surface area contributed by atoms with E-state index in [1.54, 1.807) is 31.6 Å². The molecule has 164 valence electrons. The van der Waals surface area contributed by atoms with Crippen molar-refractivity contribution < 1.29 is 18.5 Å². The molecule has 1 amide bonds. The number of carbonyl (C=O) groups is 1. The van der Waals surface area contributed by atoms with E-state index in [4.69, 9.17) is 13.7 Å². The number of nitrogens with zero attached hydrogens (tertiary/aromatic N) is 3. The van der Waals surface area contributed by atoms with Crippen LogP contribution in [0.3, 0.4) is 0 Å². The van der Waals surface area contributed by atoms with Crippen LogP contribution in [0.15, 0.2) is 81.9 Å². The molecule has 33 heavy (non-hydrogen) atoms. The molecule has 0 aliphatic heterocycles. The van der Waals surface area contributed by atoms with Gasteiger partial charge in [0, 0.05) is 11.3 Å². The van der Waals surface area contributed by atoms with E-state index in [9.17, 15) is 4.79 Å². The van der Waals surface area contributed by atoms with E-state index in [0.717, 1.165) is 11.1 Å². The first-order valence-electron chi connectivity index (χ1n) is 10.1. The minimum absolute atomic E-state index is 0.314. The number of hydrogen-bond donors (Lipinski definition) is 2. The van der Waals surface area contributed by atoms with Gasteiger partial charge in [-0.2, -0.15) is 10.1 Å². The lowest BCUT2D eigenvalue weighted by Gasteiger charge is -2.08. The number of methoxy groups -OCH3 is 1. The number of aromatic nitrogens is 4. The lowest BCUT2D eigenvalue weighted by Crippen LogP contribution is -2.14. The average molecular weight is 441 g/mol.